The molecule has 1 atom stereocenters. The molecule has 2 aromatic carbocycles. The van der Waals surface area contributed by atoms with Crippen molar-refractivity contribution in [3.8, 4) is 0 Å². The molecule has 1 aliphatic heterocycles. The summed E-state index contributed by atoms with van der Waals surface area (Å²) in [6, 6.07) is 15.1. The van der Waals surface area contributed by atoms with Crippen LogP contribution in [0.3, 0.4) is 0 Å². The topological polar surface area (TPSA) is 78.8 Å². The number of amides is 1. The molecule has 0 saturated heterocycles. The molecular weight excluding hydrogens is 386 g/mol. The van der Waals surface area contributed by atoms with E-state index in [1.165, 1.54) is 0 Å². The maximum absolute atomic E-state index is 13.0. The number of hydrogen-bond donors (Lipinski definition) is 1. The first-order valence-corrected chi connectivity index (χ1v) is 11.4. The fourth-order valence-electron chi connectivity index (χ4n) is 3.21. The lowest BCUT2D eigenvalue weighted by molar-refractivity contribution is -0.141. The Kier molecular flexibility index (Phi) is 5.54. The SMILES string of the molecule is Cc1ccc([C@@H]2CC(c3ccc(NS(C)(=O)=O)cc3)=NN2C(=O)C(C)(C)C)cc1. The van der Waals surface area contributed by atoms with Crippen LogP contribution in [0.2, 0.25) is 0 Å². The third-order valence-corrected chi connectivity index (χ3v) is 5.35. The lowest BCUT2D eigenvalue weighted by atomic mass is 9.92. The Morgan fingerprint density at radius 3 is 2.17 bits per heavy atom. The zero-order valence-electron chi connectivity index (χ0n) is 17.4. The smallest absolute Gasteiger partial charge is 0.248 e. The summed E-state index contributed by atoms with van der Waals surface area (Å²) >= 11 is 0. The van der Waals surface area contributed by atoms with Gasteiger partial charge in [0.15, 0.2) is 0 Å². The van der Waals surface area contributed by atoms with E-state index in [0.717, 1.165) is 28.7 Å². The van der Waals surface area contributed by atoms with Crippen LogP contribution in [0, 0.1) is 12.3 Å². The summed E-state index contributed by atoms with van der Waals surface area (Å²) in [6.45, 7) is 7.70. The molecule has 1 heterocycles. The highest BCUT2D eigenvalue weighted by molar-refractivity contribution is 7.92. The molecule has 1 aliphatic rings. The Labute approximate surface area is 172 Å². The predicted octanol–water partition coefficient (Wildman–Crippen LogP) is 4.09. The van der Waals surface area contributed by atoms with Crippen LogP contribution in [0.1, 0.15) is 49.9 Å². The maximum atomic E-state index is 13.0. The minimum atomic E-state index is -3.33. The van der Waals surface area contributed by atoms with Gasteiger partial charge in [0.25, 0.3) is 0 Å². The van der Waals surface area contributed by atoms with E-state index >= 15 is 0 Å². The van der Waals surface area contributed by atoms with Crippen LogP contribution in [0.25, 0.3) is 0 Å². The number of rotatable bonds is 4. The zero-order valence-corrected chi connectivity index (χ0v) is 18.2. The van der Waals surface area contributed by atoms with Gasteiger partial charge in [0.05, 0.1) is 18.0 Å². The van der Waals surface area contributed by atoms with Crippen molar-refractivity contribution in [3.05, 3.63) is 65.2 Å². The predicted molar refractivity (Wildman–Crippen MR) is 116 cm³/mol. The fraction of sp³-hybridized carbons (Fsp3) is 0.364. The molecule has 7 heteroatoms. The zero-order chi connectivity index (χ0) is 21.4. The summed E-state index contributed by atoms with van der Waals surface area (Å²) < 4.78 is 25.3. The van der Waals surface area contributed by atoms with E-state index in [-0.39, 0.29) is 11.9 Å². The Morgan fingerprint density at radius 1 is 1.07 bits per heavy atom. The molecule has 154 valence electrons. The number of hydrogen-bond acceptors (Lipinski definition) is 4. The van der Waals surface area contributed by atoms with Crippen molar-refractivity contribution >= 4 is 27.3 Å². The number of sulfonamides is 1. The van der Waals surface area contributed by atoms with Gasteiger partial charge in [-0.15, -0.1) is 0 Å². The Hall–Kier alpha value is -2.67. The monoisotopic (exact) mass is 413 g/mol. The van der Waals surface area contributed by atoms with Gasteiger partial charge < -0.3 is 0 Å². The third kappa shape index (κ3) is 5.03. The van der Waals surface area contributed by atoms with E-state index in [0.29, 0.717) is 12.1 Å². The van der Waals surface area contributed by atoms with Gasteiger partial charge >= 0.3 is 0 Å². The van der Waals surface area contributed by atoms with Gasteiger partial charge in [0, 0.05) is 17.5 Å². The summed E-state index contributed by atoms with van der Waals surface area (Å²) in [5, 5.41) is 6.27. The normalized spacial score (nSPS) is 17.2. The highest BCUT2D eigenvalue weighted by Crippen LogP contribution is 2.36. The molecule has 0 aromatic heterocycles. The number of nitrogens with one attached hydrogen (secondary N) is 1. The van der Waals surface area contributed by atoms with Gasteiger partial charge in [-0.25, -0.2) is 13.4 Å². The van der Waals surface area contributed by atoms with Gasteiger partial charge in [-0.05, 0) is 30.2 Å². The minimum Gasteiger partial charge on any atom is -0.284 e. The van der Waals surface area contributed by atoms with Gasteiger partial charge in [0.2, 0.25) is 15.9 Å². The van der Waals surface area contributed by atoms with Crippen LogP contribution in [0.5, 0.6) is 0 Å². The van der Waals surface area contributed by atoms with E-state index in [4.69, 9.17) is 0 Å². The highest BCUT2D eigenvalue weighted by Gasteiger charge is 2.37. The molecule has 0 aliphatic carbocycles. The second kappa shape index (κ2) is 7.63. The van der Waals surface area contributed by atoms with Crippen LogP contribution >= 0.6 is 0 Å². The fourth-order valence-corrected chi connectivity index (χ4v) is 3.77. The number of anilines is 1. The maximum Gasteiger partial charge on any atom is 0.248 e. The van der Waals surface area contributed by atoms with Gasteiger partial charge in [-0.2, -0.15) is 5.10 Å². The molecule has 29 heavy (non-hydrogen) atoms. The highest BCUT2D eigenvalue weighted by atomic mass is 32.2. The summed E-state index contributed by atoms with van der Waals surface area (Å²) in [5.74, 6) is -0.0339. The molecule has 0 fully saturated rings. The number of hydrazone groups is 1. The largest absolute Gasteiger partial charge is 0.284 e. The van der Waals surface area contributed by atoms with Crippen molar-refractivity contribution in [1.29, 1.82) is 0 Å². The number of nitrogens with zero attached hydrogens (tertiary/aromatic N) is 2. The molecule has 6 nitrogen and oxygen atoms in total. The molecule has 1 amide bonds. The van der Waals surface area contributed by atoms with Crippen LogP contribution in [0.4, 0.5) is 5.69 Å². The van der Waals surface area contributed by atoms with E-state index in [9.17, 15) is 13.2 Å². The second-order valence-electron chi connectivity index (χ2n) is 8.53. The quantitative estimate of drug-likeness (QED) is 0.820. The molecule has 0 radical (unpaired) electrons. The molecule has 0 unspecified atom stereocenters. The molecule has 1 N–H and O–H groups in total. The molecule has 3 rings (SSSR count). The summed E-state index contributed by atoms with van der Waals surface area (Å²) in [7, 11) is -3.33. The van der Waals surface area contributed by atoms with Crippen molar-refractivity contribution in [2.75, 3.05) is 11.0 Å². The van der Waals surface area contributed by atoms with Crippen LogP contribution in [-0.4, -0.2) is 31.3 Å². The van der Waals surface area contributed by atoms with Crippen molar-refractivity contribution in [1.82, 2.24) is 5.01 Å². The summed E-state index contributed by atoms with van der Waals surface area (Å²) in [6.07, 6.45) is 1.72. The first kappa shape index (κ1) is 21.0. The van der Waals surface area contributed by atoms with E-state index < -0.39 is 15.4 Å². The molecule has 0 bridgehead atoms. The average molecular weight is 414 g/mol. The first-order chi connectivity index (χ1) is 13.4. The van der Waals surface area contributed by atoms with Crippen molar-refractivity contribution in [2.45, 2.75) is 40.2 Å². The molecular formula is C22H27N3O3S. The van der Waals surface area contributed by atoms with Crippen molar-refractivity contribution in [2.24, 2.45) is 10.5 Å². The van der Waals surface area contributed by atoms with Gasteiger partial charge in [0.1, 0.15) is 0 Å². The average Bonchev–Trinajstić information content (AvgIpc) is 3.05. The lowest BCUT2D eigenvalue weighted by Crippen LogP contribution is -2.36. The van der Waals surface area contributed by atoms with Crippen molar-refractivity contribution in [3.63, 3.8) is 0 Å². The summed E-state index contributed by atoms with van der Waals surface area (Å²) in [4.78, 5) is 13.0. The van der Waals surface area contributed by atoms with Gasteiger partial charge in [-0.1, -0.05) is 62.7 Å². The van der Waals surface area contributed by atoms with E-state index in [1.54, 1.807) is 17.1 Å². The van der Waals surface area contributed by atoms with Crippen molar-refractivity contribution < 1.29 is 13.2 Å². The summed E-state index contributed by atoms with van der Waals surface area (Å²) in [5.41, 5.74) is 3.82. The Bertz CT molecular complexity index is 1030. The van der Waals surface area contributed by atoms with Crippen LogP contribution < -0.4 is 4.72 Å². The Balaban J connectivity index is 1.93. The number of carbonyl (C=O) groups excluding carboxylic acids is 1. The Morgan fingerprint density at radius 2 is 1.66 bits per heavy atom. The first-order valence-electron chi connectivity index (χ1n) is 9.50. The van der Waals surface area contributed by atoms with Crippen LogP contribution in [0.15, 0.2) is 53.6 Å². The third-order valence-electron chi connectivity index (χ3n) is 4.74. The van der Waals surface area contributed by atoms with E-state index in [1.807, 2.05) is 64.1 Å². The lowest BCUT2D eigenvalue weighted by Gasteiger charge is -2.28. The molecule has 0 saturated carbocycles. The molecule has 0 spiro atoms. The number of carbonyl (C=O) groups is 1. The molecule has 2 aromatic rings. The number of benzene rings is 2. The minimum absolute atomic E-state index is 0.0339. The number of aryl methyl sites for hydroxylation is 1. The standard InChI is InChI=1S/C22H27N3O3S/c1-15-6-8-17(9-7-15)20-14-19(23-25(20)21(26)22(2,3)4)16-10-12-18(13-11-16)24-29(5,27)28/h6-13,20,24H,14H2,1-5H3/t20-/m0/s1. The van der Waals surface area contributed by atoms with E-state index in [2.05, 4.69) is 9.82 Å². The van der Waals surface area contributed by atoms with Gasteiger partial charge in [-0.3, -0.25) is 9.52 Å². The van der Waals surface area contributed by atoms with Crippen LogP contribution in [-0.2, 0) is 14.8 Å². The second-order valence-corrected chi connectivity index (χ2v) is 10.3.